The third-order valence-corrected chi connectivity index (χ3v) is 5.65. The first-order valence-electron chi connectivity index (χ1n) is 10.5. The normalized spacial score (nSPS) is 12.9. The largest absolute Gasteiger partial charge is 0.508 e. The van der Waals surface area contributed by atoms with Gasteiger partial charge in [0.25, 0.3) is 5.91 Å². The fourth-order valence-electron chi connectivity index (χ4n) is 4.18. The summed E-state index contributed by atoms with van der Waals surface area (Å²) in [4.78, 5) is 27.4. The molecule has 7 nitrogen and oxygen atoms in total. The van der Waals surface area contributed by atoms with Crippen LogP contribution >= 0.6 is 0 Å². The van der Waals surface area contributed by atoms with E-state index in [2.05, 4.69) is 4.99 Å². The second-order valence-corrected chi connectivity index (χ2v) is 7.77. The average molecular weight is 420 g/mol. The van der Waals surface area contributed by atoms with Crippen LogP contribution in [0.25, 0.3) is 16.5 Å². The van der Waals surface area contributed by atoms with Crippen molar-refractivity contribution in [2.24, 2.45) is 4.99 Å². The molecule has 1 aromatic heterocycles. The summed E-state index contributed by atoms with van der Waals surface area (Å²) in [7, 11) is 0. The van der Waals surface area contributed by atoms with Gasteiger partial charge in [0.15, 0.2) is 5.88 Å². The van der Waals surface area contributed by atoms with E-state index in [1.54, 1.807) is 28.8 Å². The molecule has 2 heterocycles. The summed E-state index contributed by atoms with van der Waals surface area (Å²) < 4.78 is 1.77. The van der Waals surface area contributed by atoms with Crippen molar-refractivity contribution in [1.82, 2.24) is 4.57 Å². The van der Waals surface area contributed by atoms with Crippen LogP contribution < -0.4 is 10.6 Å². The van der Waals surface area contributed by atoms with Gasteiger partial charge >= 0.3 is 5.97 Å². The molecule has 3 aromatic rings. The van der Waals surface area contributed by atoms with Gasteiger partial charge in [0.1, 0.15) is 5.75 Å². The number of hydrogen-bond acceptors (Lipinski definition) is 4. The molecule has 160 valence electrons. The van der Waals surface area contributed by atoms with E-state index in [9.17, 15) is 19.8 Å². The lowest BCUT2D eigenvalue weighted by Gasteiger charge is -2.08. The van der Waals surface area contributed by atoms with Crippen LogP contribution in [0.5, 0.6) is 11.6 Å². The van der Waals surface area contributed by atoms with Crippen molar-refractivity contribution in [3.8, 4) is 11.6 Å². The lowest BCUT2D eigenvalue weighted by Crippen LogP contribution is -2.22. The van der Waals surface area contributed by atoms with Crippen LogP contribution in [-0.2, 0) is 16.1 Å². The maximum absolute atomic E-state index is 12.7. The molecule has 3 N–H and O–H groups in total. The number of carbonyl (C=O) groups is 2. The number of hydrogen-bond donors (Lipinski definition) is 3. The van der Waals surface area contributed by atoms with Crippen molar-refractivity contribution in [1.29, 1.82) is 0 Å². The molecule has 0 radical (unpaired) electrons. The highest BCUT2D eigenvalue weighted by molar-refractivity contribution is 6.25. The molecule has 0 spiro atoms. The molecule has 7 heteroatoms. The van der Waals surface area contributed by atoms with Crippen molar-refractivity contribution >= 4 is 28.4 Å². The first kappa shape index (κ1) is 20.7. The van der Waals surface area contributed by atoms with Crippen LogP contribution in [0.15, 0.2) is 47.5 Å². The number of amides is 1. The number of rotatable bonds is 9. The van der Waals surface area contributed by atoms with E-state index < -0.39 is 11.9 Å². The molecule has 0 saturated carbocycles. The SMILES string of the molecule is O=C(O)CCCCCCCn1c(O)c(C2=c3ccccc3=NC2=O)c2cc(O)ccc21. The number of phenolic OH excluding ortho intramolecular Hbond substituents is 1. The van der Waals surface area contributed by atoms with Crippen LogP contribution in [0.3, 0.4) is 0 Å². The van der Waals surface area contributed by atoms with Gasteiger partial charge in [-0.2, -0.15) is 0 Å². The van der Waals surface area contributed by atoms with E-state index in [4.69, 9.17) is 5.11 Å². The Bertz CT molecular complexity index is 1290. The first-order chi connectivity index (χ1) is 15.0. The zero-order valence-electron chi connectivity index (χ0n) is 17.0. The van der Waals surface area contributed by atoms with Gasteiger partial charge in [-0.3, -0.25) is 9.59 Å². The molecule has 0 aliphatic carbocycles. The number of carboxylic acid groups (broad SMARTS) is 1. The maximum atomic E-state index is 12.7. The molecule has 0 unspecified atom stereocenters. The number of nitrogens with zero attached hydrogens (tertiary/aromatic N) is 2. The van der Waals surface area contributed by atoms with Crippen LogP contribution in [0.2, 0.25) is 0 Å². The van der Waals surface area contributed by atoms with Crippen molar-refractivity contribution in [2.45, 2.75) is 45.1 Å². The van der Waals surface area contributed by atoms with Crippen LogP contribution in [0.4, 0.5) is 0 Å². The summed E-state index contributed by atoms with van der Waals surface area (Å²) in [6.07, 6.45) is 4.33. The summed E-state index contributed by atoms with van der Waals surface area (Å²) in [5, 5.41) is 31.7. The van der Waals surface area contributed by atoms with Gasteiger partial charge in [0.2, 0.25) is 0 Å². The molecule has 1 aliphatic heterocycles. The minimum atomic E-state index is -0.771. The highest BCUT2D eigenvalue weighted by Gasteiger charge is 2.27. The number of carbonyl (C=O) groups excluding carboxylic acids is 1. The minimum Gasteiger partial charge on any atom is -0.508 e. The molecular formula is C24H24N2O5. The Morgan fingerprint density at radius 1 is 0.968 bits per heavy atom. The number of aromatic hydroxyl groups is 2. The predicted octanol–water partition coefficient (Wildman–Crippen LogP) is 2.84. The van der Waals surface area contributed by atoms with E-state index in [-0.39, 0.29) is 18.1 Å². The molecule has 0 atom stereocenters. The first-order valence-corrected chi connectivity index (χ1v) is 10.5. The lowest BCUT2D eigenvalue weighted by molar-refractivity contribution is -0.137. The number of aryl methyl sites for hydroxylation is 1. The van der Waals surface area contributed by atoms with Crippen LogP contribution in [0.1, 0.15) is 44.1 Å². The number of phenols is 1. The molecule has 1 amide bonds. The van der Waals surface area contributed by atoms with E-state index in [1.807, 2.05) is 18.2 Å². The second kappa shape index (κ2) is 8.63. The predicted molar refractivity (Wildman–Crippen MR) is 115 cm³/mol. The quantitative estimate of drug-likeness (QED) is 0.461. The Morgan fingerprint density at radius 2 is 1.71 bits per heavy atom. The average Bonchev–Trinajstić information content (AvgIpc) is 3.19. The summed E-state index contributed by atoms with van der Waals surface area (Å²) in [6.45, 7) is 0.548. The summed E-state index contributed by atoms with van der Waals surface area (Å²) in [5.74, 6) is -1.13. The Kier molecular flexibility index (Phi) is 5.75. The Morgan fingerprint density at radius 3 is 2.52 bits per heavy atom. The Labute approximate surface area is 178 Å². The van der Waals surface area contributed by atoms with Gasteiger partial charge in [-0.25, -0.2) is 4.99 Å². The Balaban J connectivity index is 1.65. The van der Waals surface area contributed by atoms with E-state index >= 15 is 0 Å². The topological polar surface area (TPSA) is 112 Å². The summed E-state index contributed by atoms with van der Waals surface area (Å²) in [5.41, 5.74) is 1.48. The smallest absolute Gasteiger partial charge is 0.303 e. The van der Waals surface area contributed by atoms with Gasteiger partial charge in [0, 0.05) is 23.6 Å². The van der Waals surface area contributed by atoms with Gasteiger partial charge in [0.05, 0.1) is 22.0 Å². The van der Waals surface area contributed by atoms with Crippen LogP contribution in [-0.4, -0.2) is 31.8 Å². The lowest BCUT2D eigenvalue weighted by atomic mass is 10.0. The molecule has 1 aliphatic rings. The van der Waals surface area contributed by atoms with Gasteiger partial charge in [-0.05, 0) is 37.1 Å². The number of aliphatic carboxylic acids is 1. The summed E-state index contributed by atoms with van der Waals surface area (Å²) in [6, 6.07) is 12.1. The Hall–Kier alpha value is -3.61. The van der Waals surface area contributed by atoms with E-state index in [0.717, 1.165) is 31.2 Å². The molecule has 0 bridgehead atoms. The third kappa shape index (κ3) is 4.03. The number of fused-ring (bicyclic) bond motifs is 2. The molecule has 0 saturated heterocycles. The third-order valence-electron chi connectivity index (χ3n) is 5.65. The van der Waals surface area contributed by atoms with Crippen molar-refractivity contribution < 1.29 is 24.9 Å². The minimum absolute atomic E-state index is 0.0123. The van der Waals surface area contributed by atoms with Gasteiger partial charge in [-0.1, -0.05) is 37.5 Å². The number of benzene rings is 2. The van der Waals surface area contributed by atoms with Gasteiger partial charge < -0.3 is 19.9 Å². The summed E-state index contributed by atoms with van der Waals surface area (Å²) >= 11 is 0. The number of para-hydroxylation sites is 1. The van der Waals surface area contributed by atoms with Crippen molar-refractivity contribution in [3.63, 3.8) is 0 Å². The highest BCUT2D eigenvalue weighted by Crippen LogP contribution is 2.38. The van der Waals surface area contributed by atoms with E-state index in [1.165, 1.54) is 0 Å². The zero-order chi connectivity index (χ0) is 22.0. The fraction of sp³-hybridized carbons (Fsp3) is 0.292. The molecule has 0 fully saturated rings. The molecule has 2 aromatic carbocycles. The number of carboxylic acids is 1. The number of unbranched alkanes of at least 4 members (excludes halogenated alkanes) is 4. The van der Waals surface area contributed by atoms with Crippen molar-refractivity contribution in [3.05, 3.63) is 58.6 Å². The highest BCUT2D eigenvalue weighted by atomic mass is 16.4. The van der Waals surface area contributed by atoms with Crippen LogP contribution in [0, 0.1) is 0 Å². The monoisotopic (exact) mass is 420 g/mol. The standard InChI is InChI=1S/C24H24N2O5/c27-15-11-12-19-17(14-15)22(21-16-8-5-6-9-18(16)25-23(21)30)24(31)26(19)13-7-3-1-2-4-10-20(28)29/h5-6,8-9,11-12,14,27,31H,1-4,7,10,13H2,(H,28,29). The maximum Gasteiger partial charge on any atom is 0.303 e. The zero-order valence-corrected chi connectivity index (χ0v) is 17.0. The molecule has 4 rings (SSSR count). The fourth-order valence-corrected chi connectivity index (χ4v) is 4.18. The molecule has 31 heavy (non-hydrogen) atoms. The van der Waals surface area contributed by atoms with Gasteiger partial charge in [-0.15, -0.1) is 0 Å². The second-order valence-electron chi connectivity index (χ2n) is 7.77. The molecular weight excluding hydrogens is 396 g/mol. The van der Waals surface area contributed by atoms with Crippen molar-refractivity contribution in [2.75, 3.05) is 0 Å². The van der Waals surface area contributed by atoms with E-state index in [0.29, 0.717) is 40.1 Å². The number of aromatic nitrogens is 1.